The summed E-state index contributed by atoms with van der Waals surface area (Å²) in [4.78, 5) is 0. The maximum Gasteiger partial charge on any atom is 0.487 e. The molecule has 2 aromatic heterocycles. The van der Waals surface area contributed by atoms with Crippen LogP contribution >= 0.6 is 0 Å². The van der Waals surface area contributed by atoms with Gasteiger partial charge in [0.2, 0.25) is 0 Å². The topological polar surface area (TPSA) is 58.5 Å². The number of benzene rings is 4. The molecule has 0 saturated heterocycles. The van der Waals surface area contributed by atoms with Gasteiger partial charge in [0.25, 0.3) is 0 Å². The van der Waals surface area contributed by atoms with Crippen LogP contribution in [0.3, 0.4) is 0 Å². The minimum Gasteiger partial charge on any atom is -0.454 e. The summed E-state index contributed by atoms with van der Waals surface area (Å²) in [5.74, 6) is 0. The predicted octanol–water partition coefficient (Wildman–Crippen LogP) is -4.08. The van der Waals surface area contributed by atoms with E-state index in [4.69, 9.17) is 59.3 Å². The zero-order valence-corrected chi connectivity index (χ0v) is 18.9. The van der Waals surface area contributed by atoms with Gasteiger partial charge in [0.05, 0.1) is 5.69 Å². The number of nitrogens with zero attached hydrogens (tertiary/aromatic N) is 1. The second-order valence-electron chi connectivity index (χ2n) is 8.72. The zero-order chi connectivity index (χ0) is 25.6. The molecule has 12 heteroatoms. The second-order valence-corrected chi connectivity index (χ2v) is 8.72. The van der Waals surface area contributed by atoms with E-state index in [1.54, 1.807) is 4.57 Å². The fourth-order valence-corrected chi connectivity index (χ4v) is 5.14. The van der Waals surface area contributed by atoms with Gasteiger partial charge in [-0.1, -0.05) is 52.2 Å². The molecule has 6 rings (SSSR count). The van der Waals surface area contributed by atoms with E-state index < -0.39 is 7.12 Å². The summed E-state index contributed by atoms with van der Waals surface area (Å²) in [5, 5.41) is 22.5. The monoisotopic (exact) mass is 447 g/mol. The SMILES string of the molecule is [B]c1c([B])c([B])c2c(c1[B])c1c([B])c(B(O)O)c([B])c([B])c1n2-c1cccc2c1oc1ccccc12. The van der Waals surface area contributed by atoms with Crippen LogP contribution in [0.2, 0.25) is 0 Å². The molecule has 2 heterocycles. The zero-order valence-electron chi connectivity index (χ0n) is 18.9. The summed E-state index contributed by atoms with van der Waals surface area (Å²) >= 11 is 0. The molecular formula is C24H9B8NO3. The van der Waals surface area contributed by atoms with Crippen LogP contribution in [-0.4, -0.2) is 76.7 Å². The minimum absolute atomic E-state index is 0.0255. The van der Waals surface area contributed by atoms with E-state index in [1.165, 1.54) is 0 Å². The van der Waals surface area contributed by atoms with Gasteiger partial charge in [-0.05, 0) is 28.4 Å². The normalized spacial score (nSPS) is 11.8. The van der Waals surface area contributed by atoms with Gasteiger partial charge < -0.3 is 19.0 Å². The number of aromatic nitrogens is 1. The highest BCUT2D eigenvalue weighted by Crippen LogP contribution is 2.35. The molecule has 0 aliphatic rings. The average Bonchev–Trinajstić information content (AvgIpc) is 3.41. The second kappa shape index (κ2) is 7.96. The van der Waals surface area contributed by atoms with Gasteiger partial charge in [0.15, 0.2) is 5.58 Å². The standard InChI is InChI=1S/C24H9B8NO3/c25-14-12-13-15(26)21(32(34)35)18(29)20(31)23(13)33(22(12)19(30)17(28)16(14)27)10-6-3-5-9-8-4-1-2-7-11(8)36-24(9)10/h1-7,34-35H. The number of furan rings is 1. The third kappa shape index (κ3) is 2.89. The third-order valence-corrected chi connectivity index (χ3v) is 6.84. The van der Waals surface area contributed by atoms with Gasteiger partial charge >= 0.3 is 7.12 Å². The Morgan fingerprint density at radius 3 is 1.89 bits per heavy atom. The minimum atomic E-state index is -1.99. The summed E-state index contributed by atoms with van der Waals surface area (Å²) < 4.78 is 7.99. The number of fused-ring (bicyclic) bond motifs is 6. The van der Waals surface area contributed by atoms with Gasteiger partial charge in [-0.15, -0.1) is 16.4 Å². The maximum atomic E-state index is 10.0. The highest BCUT2D eigenvalue weighted by Gasteiger charge is 2.27. The highest BCUT2D eigenvalue weighted by atomic mass is 16.4. The van der Waals surface area contributed by atoms with Crippen molar-refractivity contribution in [2.75, 3.05) is 0 Å². The maximum absolute atomic E-state index is 10.0. The van der Waals surface area contributed by atoms with Crippen LogP contribution in [0.1, 0.15) is 0 Å². The van der Waals surface area contributed by atoms with Crippen LogP contribution in [0.25, 0.3) is 49.4 Å². The third-order valence-electron chi connectivity index (χ3n) is 6.84. The predicted molar refractivity (Wildman–Crippen MR) is 156 cm³/mol. The lowest BCUT2D eigenvalue weighted by molar-refractivity contribution is 0.426. The van der Waals surface area contributed by atoms with Crippen molar-refractivity contribution in [3.05, 3.63) is 42.5 Å². The summed E-state index contributed by atoms with van der Waals surface area (Å²) in [5.41, 5.74) is 2.75. The smallest absolute Gasteiger partial charge is 0.454 e. The molecule has 4 nitrogen and oxygen atoms in total. The summed E-state index contributed by atoms with van der Waals surface area (Å²) in [7, 11) is 42.7. The molecule has 0 unspecified atom stereocenters. The quantitative estimate of drug-likeness (QED) is 0.267. The summed E-state index contributed by atoms with van der Waals surface area (Å²) in [6, 6.07) is 13.3. The molecule has 36 heavy (non-hydrogen) atoms. The van der Waals surface area contributed by atoms with Crippen molar-refractivity contribution in [1.29, 1.82) is 0 Å². The first-order valence-electron chi connectivity index (χ1n) is 11.0. The Kier molecular flexibility index (Phi) is 5.16. The van der Waals surface area contributed by atoms with E-state index in [2.05, 4.69) is 0 Å². The molecule has 0 aliphatic carbocycles. The fourth-order valence-electron chi connectivity index (χ4n) is 5.14. The van der Waals surface area contributed by atoms with Crippen LogP contribution in [0.5, 0.6) is 0 Å². The molecule has 0 spiro atoms. The van der Waals surface area contributed by atoms with E-state index in [0.29, 0.717) is 38.7 Å². The van der Waals surface area contributed by atoms with Gasteiger partial charge in [-0.25, -0.2) is 0 Å². The molecule has 0 atom stereocenters. The molecular weight excluding hydrogens is 437 g/mol. The fraction of sp³-hybridized carbons (Fsp3) is 0. The molecule has 0 aliphatic heterocycles. The van der Waals surface area contributed by atoms with Crippen LogP contribution in [0.15, 0.2) is 46.9 Å². The van der Waals surface area contributed by atoms with Crippen molar-refractivity contribution in [2.24, 2.45) is 0 Å². The van der Waals surface area contributed by atoms with Crippen molar-refractivity contribution in [3.8, 4) is 5.69 Å². The first-order chi connectivity index (χ1) is 17.1. The molecule has 0 amide bonds. The Morgan fingerprint density at radius 1 is 0.611 bits per heavy atom. The van der Waals surface area contributed by atoms with E-state index >= 15 is 0 Å². The van der Waals surface area contributed by atoms with Gasteiger partial charge in [0, 0.05) is 21.8 Å². The van der Waals surface area contributed by atoms with Crippen LogP contribution in [0.4, 0.5) is 0 Å². The largest absolute Gasteiger partial charge is 0.487 e. The number of hydrogen-bond donors (Lipinski definition) is 2. The highest BCUT2D eigenvalue weighted by molar-refractivity contribution is 6.76. The van der Waals surface area contributed by atoms with E-state index in [1.807, 2.05) is 42.5 Å². The Hall–Kier alpha value is -3.08. The first kappa shape index (κ1) is 23.3. The van der Waals surface area contributed by atoms with E-state index in [0.717, 1.165) is 10.8 Å². The van der Waals surface area contributed by atoms with Crippen molar-refractivity contribution < 1.29 is 14.5 Å². The molecule has 0 bridgehead atoms. The molecule has 14 radical (unpaired) electrons. The number of hydrogen-bond acceptors (Lipinski definition) is 3. The van der Waals surface area contributed by atoms with E-state index in [-0.39, 0.29) is 43.7 Å². The van der Waals surface area contributed by atoms with Gasteiger partial charge in [0.1, 0.15) is 60.5 Å². The Morgan fingerprint density at radius 2 is 1.19 bits per heavy atom. The van der Waals surface area contributed by atoms with E-state index in [9.17, 15) is 10.0 Å². The molecule has 0 saturated carbocycles. The first-order valence-corrected chi connectivity index (χ1v) is 11.0. The lowest BCUT2D eigenvalue weighted by Gasteiger charge is -2.18. The average molecular weight is 446 g/mol. The molecule has 4 aromatic carbocycles. The Labute approximate surface area is 216 Å². The lowest BCUT2D eigenvalue weighted by Crippen LogP contribution is -2.56. The number of para-hydroxylation sites is 2. The van der Waals surface area contributed by atoms with Gasteiger partial charge in [-0.2, -0.15) is 0 Å². The lowest BCUT2D eigenvalue weighted by atomic mass is 9.59. The summed E-state index contributed by atoms with van der Waals surface area (Å²) in [6.45, 7) is 0. The summed E-state index contributed by atoms with van der Waals surface area (Å²) in [6.07, 6.45) is 0. The van der Waals surface area contributed by atoms with Crippen LogP contribution < -0.4 is 43.7 Å². The Bertz CT molecular complexity index is 1910. The molecule has 6 aromatic rings. The Balaban J connectivity index is 1.95. The number of rotatable bonds is 2. The van der Waals surface area contributed by atoms with Gasteiger partial charge in [-0.3, -0.25) is 0 Å². The van der Waals surface area contributed by atoms with Crippen molar-refractivity contribution in [3.63, 3.8) is 0 Å². The van der Waals surface area contributed by atoms with Crippen LogP contribution in [-0.2, 0) is 0 Å². The molecule has 152 valence electrons. The van der Waals surface area contributed by atoms with Crippen LogP contribution in [0, 0.1) is 0 Å². The van der Waals surface area contributed by atoms with Crippen molar-refractivity contribution in [1.82, 2.24) is 4.57 Å². The molecule has 2 N–H and O–H groups in total. The van der Waals surface area contributed by atoms with Crippen molar-refractivity contribution in [2.45, 2.75) is 0 Å². The molecule has 0 fully saturated rings. The van der Waals surface area contributed by atoms with Crippen molar-refractivity contribution >= 4 is 149 Å².